The zero-order valence-corrected chi connectivity index (χ0v) is 13.6. The van der Waals surface area contributed by atoms with E-state index >= 15 is 0 Å². The number of carbonyl (C=O) groups is 1. The fraction of sp³-hybridized carbons (Fsp3) is 0.526. The van der Waals surface area contributed by atoms with Gasteiger partial charge in [-0.1, -0.05) is 19.1 Å². The van der Waals surface area contributed by atoms with E-state index in [4.69, 9.17) is 4.74 Å². The van der Waals surface area contributed by atoms with Crippen LogP contribution in [0.1, 0.15) is 32.6 Å². The third-order valence-corrected chi connectivity index (χ3v) is 5.09. The molecule has 0 saturated heterocycles. The van der Waals surface area contributed by atoms with Crippen molar-refractivity contribution in [3.8, 4) is 0 Å². The lowest BCUT2D eigenvalue weighted by molar-refractivity contribution is -0.186. The first-order chi connectivity index (χ1) is 11.4. The van der Waals surface area contributed by atoms with E-state index in [1.807, 2.05) is 30.4 Å². The Morgan fingerprint density at radius 1 is 1.17 bits per heavy atom. The van der Waals surface area contributed by atoms with Crippen LogP contribution in [0.2, 0.25) is 0 Å². The summed E-state index contributed by atoms with van der Waals surface area (Å²) < 4.78 is 44.1. The predicted octanol–water partition coefficient (Wildman–Crippen LogP) is 4.90. The zero-order chi connectivity index (χ0) is 17.3. The molecule has 0 aromatic rings. The number of allylic oxidation sites excluding steroid dienone is 7. The summed E-state index contributed by atoms with van der Waals surface area (Å²) >= 11 is 0. The molecule has 0 radical (unpaired) electrons. The van der Waals surface area contributed by atoms with Gasteiger partial charge in [-0.2, -0.15) is 13.2 Å². The largest absolute Gasteiger partial charge is 0.491 e. The molecule has 3 aliphatic rings. The van der Waals surface area contributed by atoms with Crippen LogP contribution in [-0.2, 0) is 9.53 Å². The summed E-state index contributed by atoms with van der Waals surface area (Å²) in [5, 5.41) is 0. The highest BCUT2D eigenvalue weighted by Crippen LogP contribution is 2.40. The molecule has 0 aliphatic heterocycles. The molecule has 0 aromatic heterocycles. The molecule has 3 rings (SSSR count). The van der Waals surface area contributed by atoms with Crippen molar-refractivity contribution in [3.63, 3.8) is 0 Å². The summed E-state index contributed by atoms with van der Waals surface area (Å²) in [7, 11) is 0. The first-order valence-corrected chi connectivity index (χ1v) is 8.38. The van der Waals surface area contributed by atoms with Crippen molar-refractivity contribution in [2.75, 3.05) is 0 Å². The van der Waals surface area contributed by atoms with Gasteiger partial charge in [-0.15, -0.1) is 0 Å². The molecule has 5 heteroatoms. The van der Waals surface area contributed by atoms with E-state index in [-0.39, 0.29) is 30.8 Å². The third-order valence-electron chi connectivity index (χ3n) is 5.09. The summed E-state index contributed by atoms with van der Waals surface area (Å²) in [5.41, 5.74) is 1.64. The van der Waals surface area contributed by atoms with Gasteiger partial charge < -0.3 is 4.74 Å². The maximum Gasteiger partial charge on any atom is 0.391 e. The normalized spacial score (nSPS) is 33.1. The van der Waals surface area contributed by atoms with E-state index in [0.717, 1.165) is 11.9 Å². The number of ether oxygens (including phenoxy) is 1. The highest BCUT2D eigenvalue weighted by molar-refractivity contribution is 5.79. The Labute approximate surface area is 139 Å². The van der Waals surface area contributed by atoms with E-state index in [2.05, 4.69) is 6.92 Å². The van der Waals surface area contributed by atoms with Crippen LogP contribution >= 0.6 is 0 Å². The van der Waals surface area contributed by atoms with E-state index in [9.17, 15) is 18.0 Å². The van der Waals surface area contributed by atoms with Gasteiger partial charge in [0.2, 0.25) is 0 Å². The highest BCUT2D eigenvalue weighted by atomic mass is 19.4. The first-order valence-electron chi connectivity index (χ1n) is 8.38. The van der Waals surface area contributed by atoms with Gasteiger partial charge in [-0.3, -0.25) is 4.79 Å². The fourth-order valence-electron chi connectivity index (χ4n) is 3.70. The average Bonchev–Trinajstić information content (AvgIpc) is 2.54. The van der Waals surface area contributed by atoms with Gasteiger partial charge in [-0.25, -0.2) is 0 Å². The molecular formula is C19H21F3O2. The molecule has 3 aliphatic carbocycles. The van der Waals surface area contributed by atoms with Gasteiger partial charge >= 0.3 is 6.18 Å². The van der Waals surface area contributed by atoms with E-state index in [1.54, 1.807) is 0 Å². The second-order valence-electron chi connectivity index (χ2n) is 6.85. The smallest absolute Gasteiger partial charge is 0.391 e. The molecule has 24 heavy (non-hydrogen) atoms. The maximum absolute atomic E-state index is 12.7. The van der Waals surface area contributed by atoms with Crippen molar-refractivity contribution in [1.82, 2.24) is 0 Å². The number of fused-ring (bicyclic) bond motifs is 1. The quantitative estimate of drug-likeness (QED) is 0.685. The molecule has 0 aromatic carbocycles. The van der Waals surface area contributed by atoms with Crippen LogP contribution in [-0.4, -0.2) is 18.6 Å². The fourth-order valence-corrected chi connectivity index (χ4v) is 3.70. The topological polar surface area (TPSA) is 26.3 Å². The van der Waals surface area contributed by atoms with Crippen molar-refractivity contribution in [1.29, 1.82) is 0 Å². The first kappa shape index (κ1) is 17.1. The lowest BCUT2D eigenvalue weighted by Crippen LogP contribution is -2.30. The summed E-state index contributed by atoms with van der Waals surface area (Å²) in [6.45, 7) is 2.08. The maximum atomic E-state index is 12.7. The molecule has 2 unspecified atom stereocenters. The molecule has 1 fully saturated rings. The molecule has 2 nitrogen and oxygen atoms in total. The van der Waals surface area contributed by atoms with Gasteiger partial charge in [0.05, 0.1) is 12.0 Å². The minimum Gasteiger partial charge on any atom is -0.491 e. The second kappa shape index (κ2) is 6.61. The Kier molecular flexibility index (Phi) is 4.70. The van der Waals surface area contributed by atoms with Gasteiger partial charge in [0, 0.05) is 11.5 Å². The van der Waals surface area contributed by atoms with Crippen LogP contribution in [0.15, 0.2) is 47.3 Å². The summed E-state index contributed by atoms with van der Waals surface area (Å²) in [4.78, 5) is 10.9. The monoisotopic (exact) mass is 338 g/mol. The number of hydrogen-bond acceptors (Lipinski definition) is 2. The molecule has 130 valence electrons. The number of halogens is 3. The van der Waals surface area contributed by atoms with Crippen molar-refractivity contribution in [2.45, 2.75) is 44.9 Å². The third kappa shape index (κ3) is 3.65. The molecule has 1 saturated carbocycles. The summed E-state index contributed by atoms with van der Waals surface area (Å²) in [6.07, 6.45) is 7.30. The van der Waals surface area contributed by atoms with E-state index in [0.29, 0.717) is 24.2 Å². The highest BCUT2D eigenvalue weighted by Gasteiger charge is 2.41. The van der Waals surface area contributed by atoms with Crippen LogP contribution in [0.3, 0.4) is 0 Å². The predicted molar refractivity (Wildman–Crippen MR) is 85.0 cm³/mol. The zero-order valence-electron chi connectivity index (χ0n) is 13.6. The Balaban J connectivity index is 1.64. The summed E-state index contributed by atoms with van der Waals surface area (Å²) in [6, 6.07) is 0. The molecule has 0 heterocycles. The molecule has 0 spiro atoms. The molecular weight excluding hydrogens is 317 g/mol. The Bertz CT molecular complexity index is 617. The van der Waals surface area contributed by atoms with E-state index < -0.39 is 12.1 Å². The van der Waals surface area contributed by atoms with Gasteiger partial charge in [0.25, 0.3) is 0 Å². The van der Waals surface area contributed by atoms with Crippen LogP contribution in [0.4, 0.5) is 13.2 Å². The lowest BCUT2D eigenvalue weighted by atomic mass is 9.79. The molecule has 0 N–H and O–H groups in total. The molecule has 0 amide bonds. The summed E-state index contributed by atoms with van der Waals surface area (Å²) in [5.74, 6) is -0.0313. The second-order valence-corrected chi connectivity index (χ2v) is 6.85. The Morgan fingerprint density at radius 3 is 2.50 bits per heavy atom. The number of hydrogen-bond donors (Lipinski definition) is 0. The minimum absolute atomic E-state index is 0.133. The number of carbonyl (C=O) groups excluding carboxylic acids is 1. The van der Waals surface area contributed by atoms with Crippen molar-refractivity contribution < 1.29 is 22.7 Å². The molecule has 0 bridgehead atoms. The van der Waals surface area contributed by atoms with Gasteiger partial charge in [0.1, 0.15) is 12.0 Å². The van der Waals surface area contributed by atoms with Crippen molar-refractivity contribution in [3.05, 3.63) is 47.3 Å². The number of alkyl halides is 3. The van der Waals surface area contributed by atoms with Crippen LogP contribution in [0, 0.1) is 17.8 Å². The average molecular weight is 338 g/mol. The minimum atomic E-state index is -4.09. The van der Waals surface area contributed by atoms with Crippen molar-refractivity contribution >= 4 is 6.29 Å². The number of rotatable bonds is 3. The van der Waals surface area contributed by atoms with Gasteiger partial charge in [0.15, 0.2) is 0 Å². The van der Waals surface area contributed by atoms with Gasteiger partial charge in [-0.05, 0) is 55.4 Å². The number of aldehydes is 1. The Hall–Kier alpha value is -1.78. The Morgan fingerprint density at radius 2 is 1.88 bits per heavy atom. The van der Waals surface area contributed by atoms with E-state index in [1.165, 1.54) is 0 Å². The van der Waals surface area contributed by atoms with Crippen LogP contribution in [0.5, 0.6) is 0 Å². The standard InChI is InChI=1S/C19H21F3O2/c1-12-8-17(10-14-9-13(11-23)2-7-18(12)14)24-16-5-3-15(4-6-16)19(20,21)22/h2,7-12,15-16,18H,3-6H2,1H3. The lowest BCUT2D eigenvalue weighted by Gasteiger charge is -2.33. The SMILES string of the molecule is CC1C=C(OC2CCC(C(F)(F)F)CC2)C=C2C=C(C=O)C=CC21. The molecule has 2 atom stereocenters. The van der Waals surface area contributed by atoms with Crippen molar-refractivity contribution in [2.24, 2.45) is 17.8 Å². The van der Waals surface area contributed by atoms with Crippen LogP contribution < -0.4 is 0 Å². The van der Waals surface area contributed by atoms with Crippen LogP contribution in [0.25, 0.3) is 0 Å².